The van der Waals surface area contributed by atoms with Gasteiger partial charge in [-0.2, -0.15) is 0 Å². The van der Waals surface area contributed by atoms with E-state index in [-0.39, 0.29) is 23.5 Å². The zero-order valence-electron chi connectivity index (χ0n) is 19.7. The van der Waals surface area contributed by atoms with E-state index in [0.717, 1.165) is 5.75 Å². The maximum atomic E-state index is 12.7. The Hall–Kier alpha value is -3.66. The van der Waals surface area contributed by atoms with Crippen LogP contribution in [-0.2, 0) is 14.3 Å². The van der Waals surface area contributed by atoms with Gasteiger partial charge < -0.3 is 24.4 Å². The summed E-state index contributed by atoms with van der Waals surface area (Å²) in [5, 5.41) is 5.43. The molecule has 0 aliphatic carbocycles. The van der Waals surface area contributed by atoms with Crippen molar-refractivity contribution in [1.29, 1.82) is 0 Å². The first kappa shape index (κ1) is 26.0. The van der Waals surface area contributed by atoms with Crippen LogP contribution in [0, 0.1) is 0 Å². The summed E-state index contributed by atoms with van der Waals surface area (Å²) in [6, 6.07) is 15.2. The molecule has 9 nitrogen and oxygen atoms in total. The number of esters is 1. The number of ether oxygens (including phenoxy) is 3. The third kappa shape index (κ3) is 7.96. The Morgan fingerprint density at radius 2 is 1.69 bits per heavy atom. The van der Waals surface area contributed by atoms with Crippen molar-refractivity contribution in [3.05, 3.63) is 60.2 Å². The van der Waals surface area contributed by atoms with Gasteiger partial charge in [-0.3, -0.25) is 19.7 Å². The molecule has 10 heteroatoms. The number of nitrogens with one attached hydrogen (secondary N) is 2. The molecule has 1 saturated heterocycles. The smallest absolute Gasteiger partial charge is 0.308 e. The molecule has 0 radical (unpaired) electrons. The number of amides is 2. The molecule has 1 heterocycles. The number of para-hydroxylation sites is 1. The molecular formula is C25H29N3O6S. The highest BCUT2D eigenvalue weighted by Gasteiger charge is 2.34. The number of hydrogen-bond acceptors (Lipinski definition) is 7. The maximum Gasteiger partial charge on any atom is 0.308 e. The van der Waals surface area contributed by atoms with Crippen molar-refractivity contribution in [2.75, 3.05) is 26.3 Å². The highest BCUT2D eigenvalue weighted by Crippen LogP contribution is 2.15. The molecule has 1 atom stereocenters. The molecule has 1 unspecified atom stereocenters. The van der Waals surface area contributed by atoms with E-state index in [4.69, 9.17) is 26.4 Å². The Morgan fingerprint density at radius 1 is 1.06 bits per heavy atom. The van der Waals surface area contributed by atoms with Crippen LogP contribution in [0.1, 0.15) is 30.6 Å². The lowest BCUT2D eigenvalue weighted by Crippen LogP contribution is -2.60. The maximum absolute atomic E-state index is 12.7. The molecule has 1 aliphatic heterocycles. The largest absolute Gasteiger partial charge is 0.490 e. The second-order valence-corrected chi connectivity index (χ2v) is 8.42. The lowest BCUT2D eigenvalue weighted by atomic mass is 10.1. The molecule has 2 aromatic rings. The number of thiocarbonyl (C=S) groups is 1. The highest BCUT2D eigenvalue weighted by molar-refractivity contribution is 7.80. The summed E-state index contributed by atoms with van der Waals surface area (Å²) in [4.78, 5) is 38.7. The van der Waals surface area contributed by atoms with E-state index in [1.165, 1.54) is 4.90 Å². The van der Waals surface area contributed by atoms with Gasteiger partial charge in [-0.1, -0.05) is 18.2 Å². The standard InChI is InChI=1S/C25H29N3O6S/c1-17(2)34-22(29)16-21-24(31)26-12-13-28(21)25(35)27-23(30)18-8-10-20(11-9-18)33-15-14-32-19-6-4-3-5-7-19/h3-11,17,21H,12-16H2,1-2H3,(H,26,31)(H,27,30,35). The van der Waals surface area contributed by atoms with Gasteiger partial charge in [0.15, 0.2) is 5.11 Å². The van der Waals surface area contributed by atoms with Crippen LogP contribution in [0.3, 0.4) is 0 Å². The average Bonchev–Trinajstić information content (AvgIpc) is 2.83. The molecule has 2 aromatic carbocycles. The molecule has 0 aromatic heterocycles. The summed E-state index contributed by atoms with van der Waals surface area (Å²) in [7, 11) is 0. The molecule has 186 valence electrons. The zero-order valence-corrected chi connectivity index (χ0v) is 20.5. The quantitative estimate of drug-likeness (QED) is 0.308. The van der Waals surface area contributed by atoms with Gasteiger partial charge in [0.2, 0.25) is 5.91 Å². The summed E-state index contributed by atoms with van der Waals surface area (Å²) in [5.41, 5.74) is 0.373. The molecule has 2 amide bonds. The second kappa shape index (κ2) is 12.7. The highest BCUT2D eigenvalue weighted by atomic mass is 32.1. The van der Waals surface area contributed by atoms with Crippen LogP contribution in [-0.4, -0.2) is 66.2 Å². The summed E-state index contributed by atoms with van der Waals surface area (Å²) in [6.45, 7) is 4.91. The lowest BCUT2D eigenvalue weighted by Gasteiger charge is -2.36. The van der Waals surface area contributed by atoms with Gasteiger partial charge in [-0.05, 0) is 62.5 Å². The zero-order chi connectivity index (χ0) is 25.2. The predicted octanol–water partition coefficient (Wildman–Crippen LogP) is 2.30. The van der Waals surface area contributed by atoms with E-state index in [2.05, 4.69) is 10.6 Å². The van der Waals surface area contributed by atoms with Crippen molar-refractivity contribution < 1.29 is 28.6 Å². The average molecular weight is 500 g/mol. The van der Waals surface area contributed by atoms with Crippen LogP contribution in [0.25, 0.3) is 0 Å². The number of rotatable bonds is 9. The Bertz CT molecular complexity index is 1030. The Morgan fingerprint density at radius 3 is 2.31 bits per heavy atom. The Kier molecular flexibility index (Phi) is 9.42. The van der Waals surface area contributed by atoms with Gasteiger partial charge in [0, 0.05) is 18.7 Å². The molecule has 3 rings (SSSR count). The summed E-state index contributed by atoms with van der Waals surface area (Å²) in [5.74, 6) is 0.0854. The number of carbonyl (C=O) groups excluding carboxylic acids is 3. The van der Waals surface area contributed by atoms with Crippen LogP contribution in [0.2, 0.25) is 0 Å². The molecule has 0 spiro atoms. The summed E-state index contributed by atoms with van der Waals surface area (Å²) >= 11 is 5.38. The minimum Gasteiger partial charge on any atom is -0.490 e. The van der Waals surface area contributed by atoms with Gasteiger partial charge >= 0.3 is 5.97 Å². The molecule has 1 fully saturated rings. The van der Waals surface area contributed by atoms with E-state index in [1.54, 1.807) is 38.1 Å². The first-order valence-electron chi connectivity index (χ1n) is 11.3. The number of hydrogen-bond donors (Lipinski definition) is 2. The van der Waals surface area contributed by atoms with E-state index in [1.807, 2.05) is 30.3 Å². The van der Waals surface area contributed by atoms with Crippen LogP contribution >= 0.6 is 12.2 Å². The normalized spacial score (nSPS) is 15.2. The van der Waals surface area contributed by atoms with Crippen molar-refractivity contribution in [2.45, 2.75) is 32.4 Å². The van der Waals surface area contributed by atoms with Crippen LogP contribution in [0.15, 0.2) is 54.6 Å². The third-order valence-corrected chi connectivity index (χ3v) is 5.36. The van der Waals surface area contributed by atoms with E-state index < -0.39 is 17.9 Å². The fraction of sp³-hybridized carbons (Fsp3) is 0.360. The fourth-order valence-electron chi connectivity index (χ4n) is 3.41. The minimum absolute atomic E-state index is 0.0746. The minimum atomic E-state index is -0.850. The van der Waals surface area contributed by atoms with Crippen LogP contribution < -0.4 is 20.1 Å². The lowest BCUT2D eigenvalue weighted by molar-refractivity contribution is -0.150. The molecule has 2 N–H and O–H groups in total. The number of piperazine rings is 1. The molecular weight excluding hydrogens is 470 g/mol. The Balaban J connectivity index is 1.50. The first-order valence-corrected chi connectivity index (χ1v) is 11.7. The molecule has 0 saturated carbocycles. The number of carbonyl (C=O) groups is 3. The monoisotopic (exact) mass is 499 g/mol. The van der Waals surface area contributed by atoms with E-state index >= 15 is 0 Å². The predicted molar refractivity (Wildman–Crippen MR) is 133 cm³/mol. The van der Waals surface area contributed by atoms with Crippen LogP contribution in [0.5, 0.6) is 11.5 Å². The Labute approximate surface area is 209 Å². The fourth-order valence-corrected chi connectivity index (χ4v) is 3.72. The topological polar surface area (TPSA) is 106 Å². The van der Waals surface area contributed by atoms with Gasteiger partial charge in [0.05, 0.1) is 12.5 Å². The molecule has 35 heavy (non-hydrogen) atoms. The number of nitrogens with zero attached hydrogens (tertiary/aromatic N) is 1. The third-order valence-electron chi connectivity index (χ3n) is 5.02. The van der Waals surface area contributed by atoms with E-state index in [0.29, 0.717) is 37.6 Å². The first-order chi connectivity index (χ1) is 16.8. The second-order valence-electron chi connectivity index (χ2n) is 8.04. The van der Waals surface area contributed by atoms with Gasteiger partial charge in [-0.25, -0.2) is 0 Å². The van der Waals surface area contributed by atoms with Gasteiger partial charge in [0.25, 0.3) is 5.91 Å². The van der Waals surface area contributed by atoms with Crippen molar-refractivity contribution in [1.82, 2.24) is 15.5 Å². The van der Waals surface area contributed by atoms with Crippen LogP contribution in [0.4, 0.5) is 0 Å². The van der Waals surface area contributed by atoms with Crippen molar-refractivity contribution in [3.63, 3.8) is 0 Å². The number of benzene rings is 2. The van der Waals surface area contributed by atoms with Crippen molar-refractivity contribution >= 4 is 35.1 Å². The summed E-state index contributed by atoms with van der Waals surface area (Å²) < 4.78 is 16.4. The summed E-state index contributed by atoms with van der Waals surface area (Å²) in [6.07, 6.45) is -0.461. The SMILES string of the molecule is CC(C)OC(=O)CC1C(=O)NCCN1C(=S)NC(=O)c1ccc(OCCOc2ccccc2)cc1. The van der Waals surface area contributed by atoms with E-state index in [9.17, 15) is 14.4 Å². The molecule has 0 bridgehead atoms. The molecule has 1 aliphatic rings. The van der Waals surface area contributed by atoms with Gasteiger partial charge in [-0.15, -0.1) is 0 Å². The van der Waals surface area contributed by atoms with Crippen molar-refractivity contribution in [3.8, 4) is 11.5 Å². The van der Waals surface area contributed by atoms with Gasteiger partial charge in [0.1, 0.15) is 30.8 Å². The van der Waals surface area contributed by atoms with Crippen molar-refractivity contribution in [2.24, 2.45) is 0 Å².